The molecule has 2 N–H and O–H groups in total. The van der Waals surface area contributed by atoms with Gasteiger partial charge in [-0.25, -0.2) is 0 Å². The lowest BCUT2D eigenvalue weighted by Gasteiger charge is -2.14. The van der Waals surface area contributed by atoms with Gasteiger partial charge in [-0.2, -0.15) is 0 Å². The number of nitro benzene ring substituents is 1. The largest absolute Gasteiger partial charge is 0.385 e. The van der Waals surface area contributed by atoms with Gasteiger partial charge >= 0.3 is 0 Å². The maximum atomic E-state index is 10.9. The average Bonchev–Trinajstić information content (AvgIpc) is 2.82. The summed E-state index contributed by atoms with van der Waals surface area (Å²) in [5, 5.41) is 17.4. The molecule has 1 aliphatic carbocycles. The van der Waals surface area contributed by atoms with Crippen LogP contribution in [-0.4, -0.2) is 17.5 Å². The molecule has 1 fully saturated rings. The summed E-state index contributed by atoms with van der Waals surface area (Å²) >= 11 is 0. The first kappa shape index (κ1) is 12.7. The Labute approximate surface area is 107 Å². The molecular formula is C13H19N3O2. The molecule has 5 heteroatoms. The monoisotopic (exact) mass is 249 g/mol. The van der Waals surface area contributed by atoms with Gasteiger partial charge in [0.25, 0.3) is 5.69 Å². The van der Waals surface area contributed by atoms with E-state index in [9.17, 15) is 10.1 Å². The van der Waals surface area contributed by atoms with E-state index in [0.29, 0.717) is 6.04 Å². The van der Waals surface area contributed by atoms with Crippen LogP contribution in [0.2, 0.25) is 0 Å². The molecule has 1 saturated carbocycles. The van der Waals surface area contributed by atoms with Gasteiger partial charge in [0.15, 0.2) is 0 Å². The number of hydrogen-bond acceptors (Lipinski definition) is 4. The van der Waals surface area contributed by atoms with Gasteiger partial charge in [-0.05, 0) is 25.8 Å². The number of hydrogen-bond donors (Lipinski definition) is 2. The molecule has 98 valence electrons. The Morgan fingerprint density at radius 3 is 2.56 bits per heavy atom. The van der Waals surface area contributed by atoms with Gasteiger partial charge in [0, 0.05) is 36.1 Å². The summed E-state index contributed by atoms with van der Waals surface area (Å²) in [7, 11) is 0. The number of rotatable bonds is 5. The zero-order valence-electron chi connectivity index (χ0n) is 10.6. The summed E-state index contributed by atoms with van der Waals surface area (Å²) < 4.78 is 0. The number of benzene rings is 1. The van der Waals surface area contributed by atoms with E-state index in [1.54, 1.807) is 12.1 Å². The molecule has 0 atom stereocenters. The van der Waals surface area contributed by atoms with Crippen LogP contribution >= 0.6 is 0 Å². The van der Waals surface area contributed by atoms with Crippen LogP contribution < -0.4 is 10.6 Å². The van der Waals surface area contributed by atoms with Crippen LogP contribution in [0.25, 0.3) is 0 Å². The van der Waals surface area contributed by atoms with Crippen LogP contribution in [0.5, 0.6) is 0 Å². The molecule has 0 radical (unpaired) electrons. The van der Waals surface area contributed by atoms with E-state index < -0.39 is 0 Å². The second-order valence-corrected chi connectivity index (χ2v) is 4.68. The Hall–Kier alpha value is -1.78. The molecule has 0 saturated heterocycles. The molecule has 0 amide bonds. The maximum Gasteiger partial charge on any atom is 0.273 e. The minimum Gasteiger partial charge on any atom is -0.385 e. The van der Waals surface area contributed by atoms with Crippen LogP contribution in [-0.2, 0) is 0 Å². The summed E-state index contributed by atoms with van der Waals surface area (Å²) in [6, 6.07) is 5.58. The van der Waals surface area contributed by atoms with Crippen molar-refractivity contribution in [1.82, 2.24) is 0 Å². The number of nitrogens with one attached hydrogen (secondary N) is 2. The maximum absolute atomic E-state index is 10.9. The van der Waals surface area contributed by atoms with Crippen LogP contribution in [0, 0.1) is 10.1 Å². The van der Waals surface area contributed by atoms with Crippen molar-refractivity contribution in [3.63, 3.8) is 0 Å². The van der Waals surface area contributed by atoms with Gasteiger partial charge in [-0.3, -0.25) is 10.1 Å². The molecule has 1 aromatic carbocycles. The third-order valence-corrected chi connectivity index (χ3v) is 3.24. The molecule has 0 aliphatic heterocycles. The van der Waals surface area contributed by atoms with Crippen LogP contribution in [0.4, 0.5) is 17.1 Å². The lowest BCUT2D eigenvalue weighted by molar-refractivity contribution is -0.384. The SMILES string of the molecule is CCNc1cc(NC2CCCC2)cc([N+](=O)[O-])c1. The van der Waals surface area contributed by atoms with Crippen LogP contribution in [0.3, 0.4) is 0 Å². The minimum atomic E-state index is -0.347. The summed E-state index contributed by atoms with van der Waals surface area (Å²) in [6.45, 7) is 2.73. The first-order valence-corrected chi connectivity index (χ1v) is 6.49. The van der Waals surface area contributed by atoms with Gasteiger partial charge < -0.3 is 10.6 Å². The quantitative estimate of drug-likeness (QED) is 0.620. The standard InChI is InChI=1S/C13H19N3O2/c1-2-14-11-7-12(9-13(8-11)16(17)18)15-10-5-3-4-6-10/h7-10,14-15H,2-6H2,1H3. The topological polar surface area (TPSA) is 67.2 Å². The van der Waals surface area contributed by atoms with E-state index in [2.05, 4.69) is 10.6 Å². The molecule has 0 aromatic heterocycles. The Bertz CT molecular complexity index is 428. The second kappa shape index (κ2) is 5.71. The first-order chi connectivity index (χ1) is 8.69. The summed E-state index contributed by atoms with van der Waals surface area (Å²) in [4.78, 5) is 10.6. The number of anilines is 2. The van der Waals surface area contributed by atoms with Gasteiger partial charge in [-0.15, -0.1) is 0 Å². The van der Waals surface area contributed by atoms with E-state index in [4.69, 9.17) is 0 Å². The third kappa shape index (κ3) is 3.12. The van der Waals surface area contributed by atoms with Gasteiger partial charge in [0.1, 0.15) is 0 Å². The molecule has 1 aromatic rings. The van der Waals surface area contributed by atoms with Crippen molar-refractivity contribution < 1.29 is 4.92 Å². The van der Waals surface area contributed by atoms with Gasteiger partial charge in [-0.1, -0.05) is 12.8 Å². The first-order valence-electron chi connectivity index (χ1n) is 6.49. The Balaban J connectivity index is 2.18. The third-order valence-electron chi connectivity index (χ3n) is 3.24. The molecule has 0 bridgehead atoms. The lowest BCUT2D eigenvalue weighted by atomic mass is 10.2. The van der Waals surface area contributed by atoms with Crippen molar-refractivity contribution in [3.8, 4) is 0 Å². The zero-order valence-corrected chi connectivity index (χ0v) is 10.6. The number of non-ortho nitro benzene ring substituents is 1. The van der Waals surface area contributed by atoms with E-state index in [0.717, 1.165) is 30.8 Å². The molecule has 1 aliphatic rings. The van der Waals surface area contributed by atoms with Crippen LogP contribution in [0.15, 0.2) is 18.2 Å². The highest BCUT2D eigenvalue weighted by Gasteiger charge is 2.16. The Morgan fingerprint density at radius 2 is 1.94 bits per heavy atom. The lowest BCUT2D eigenvalue weighted by Crippen LogP contribution is -2.14. The minimum absolute atomic E-state index is 0.133. The van der Waals surface area contributed by atoms with Crippen molar-refractivity contribution in [3.05, 3.63) is 28.3 Å². The van der Waals surface area contributed by atoms with E-state index >= 15 is 0 Å². The zero-order chi connectivity index (χ0) is 13.0. The molecule has 18 heavy (non-hydrogen) atoms. The van der Waals surface area contributed by atoms with Crippen molar-refractivity contribution >= 4 is 17.1 Å². The fourth-order valence-electron chi connectivity index (χ4n) is 2.41. The molecule has 2 rings (SSSR count). The number of nitro groups is 1. The normalized spacial score (nSPS) is 15.6. The summed E-state index contributed by atoms with van der Waals surface area (Å²) in [5.41, 5.74) is 1.77. The Kier molecular flexibility index (Phi) is 4.02. The van der Waals surface area contributed by atoms with Crippen LogP contribution in [0.1, 0.15) is 32.6 Å². The highest BCUT2D eigenvalue weighted by atomic mass is 16.6. The number of nitrogens with zero attached hydrogens (tertiary/aromatic N) is 1. The van der Waals surface area contributed by atoms with E-state index in [1.165, 1.54) is 12.8 Å². The highest BCUT2D eigenvalue weighted by molar-refractivity contribution is 5.63. The predicted molar refractivity (Wildman–Crippen MR) is 73.1 cm³/mol. The summed E-state index contributed by atoms with van der Waals surface area (Å²) in [6.07, 6.45) is 4.79. The van der Waals surface area contributed by atoms with Gasteiger partial charge in [0.05, 0.1) is 4.92 Å². The predicted octanol–water partition coefficient (Wildman–Crippen LogP) is 3.38. The van der Waals surface area contributed by atoms with Gasteiger partial charge in [0.2, 0.25) is 0 Å². The highest BCUT2D eigenvalue weighted by Crippen LogP contribution is 2.28. The van der Waals surface area contributed by atoms with Crippen molar-refractivity contribution in [2.24, 2.45) is 0 Å². The molecule has 0 unspecified atom stereocenters. The smallest absolute Gasteiger partial charge is 0.273 e. The second-order valence-electron chi connectivity index (χ2n) is 4.68. The molecule has 5 nitrogen and oxygen atoms in total. The molecule has 0 spiro atoms. The van der Waals surface area contributed by atoms with E-state index in [1.807, 2.05) is 13.0 Å². The fourth-order valence-corrected chi connectivity index (χ4v) is 2.41. The molecular weight excluding hydrogens is 230 g/mol. The fraction of sp³-hybridized carbons (Fsp3) is 0.538. The average molecular weight is 249 g/mol. The van der Waals surface area contributed by atoms with Crippen molar-refractivity contribution in [2.75, 3.05) is 17.2 Å². The molecule has 0 heterocycles. The summed E-state index contributed by atoms with van der Waals surface area (Å²) in [5.74, 6) is 0. The van der Waals surface area contributed by atoms with Crippen molar-refractivity contribution in [1.29, 1.82) is 0 Å². The van der Waals surface area contributed by atoms with Crippen molar-refractivity contribution in [2.45, 2.75) is 38.6 Å². The Morgan fingerprint density at radius 1 is 1.28 bits per heavy atom. The van der Waals surface area contributed by atoms with E-state index in [-0.39, 0.29) is 10.6 Å².